The minimum Gasteiger partial charge on any atom is -0.475 e. The average molecular weight is 526 g/mol. The van der Waals surface area contributed by atoms with Crippen LogP contribution in [-0.2, 0) is 20.7 Å². The molecule has 0 saturated heterocycles. The number of esters is 1. The Morgan fingerprint density at radius 1 is 1.19 bits per heavy atom. The molecular formula is C21H24F6N4O5. The van der Waals surface area contributed by atoms with E-state index >= 15 is 0 Å². The van der Waals surface area contributed by atoms with Crippen LogP contribution in [0.2, 0.25) is 0 Å². The summed E-state index contributed by atoms with van der Waals surface area (Å²) in [5, 5.41) is 2.16. The third kappa shape index (κ3) is 7.68. The molecule has 36 heavy (non-hydrogen) atoms. The van der Waals surface area contributed by atoms with Crippen LogP contribution in [0.4, 0.5) is 26.3 Å². The molecule has 1 aromatic rings. The largest absolute Gasteiger partial charge is 0.573 e. The van der Waals surface area contributed by atoms with Crippen molar-refractivity contribution in [2.24, 2.45) is 16.5 Å². The number of rotatable bonds is 9. The molecule has 1 amide bonds. The number of benzene rings is 1. The molecule has 1 unspecified atom stereocenters. The van der Waals surface area contributed by atoms with Gasteiger partial charge in [-0.3, -0.25) is 9.79 Å². The molecule has 5 N–H and O–H groups in total. The van der Waals surface area contributed by atoms with Crippen LogP contribution in [0.25, 0.3) is 6.08 Å². The number of carbonyl (C=O) groups is 2. The number of hydrogen-bond donors (Lipinski definition) is 3. The van der Waals surface area contributed by atoms with Crippen molar-refractivity contribution in [2.45, 2.75) is 50.9 Å². The van der Waals surface area contributed by atoms with E-state index in [-0.39, 0.29) is 48.6 Å². The Balaban J connectivity index is 2.44. The van der Waals surface area contributed by atoms with Gasteiger partial charge >= 0.3 is 18.5 Å². The van der Waals surface area contributed by atoms with E-state index in [4.69, 9.17) is 16.2 Å². The fourth-order valence-corrected chi connectivity index (χ4v) is 3.38. The normalized spacial score (nSPS) is 16.1. The second kappa shape index (κ2) is 11.4. The highest BCUT2D eigenvalue weighted by atomic mass is 19.4. The zero-order chi connectivity index (χ0) is 27.3. The Morgan fingerprint density at radius 3 is 2.39 bits per heavy atom. The van der Waals surface area contributed by atoms with Gasteiger partial charge in [0.25, 0.3) is 5.91 Å². The molecule has 1 aliphatic heterocycles. The van der Waals surface area contributed by atoms with Gasteiger partial charge in [-0.25, -0.2) is 4.79 Å². The van der Waals surface area contributed by atoms with Crippen molar-refractivity contribution < 1.29 is 50.1 Å². The van der Waals surface area contributed by atoms with Gasteiger partial charge in [-0.1, -0.05) is 6.92 Å². The van der Waals surface area contributed by atoms with Crippen molar-refractivity contribution in [3.63, 3.8) is 0 Å². The van der Waals surface area contributed by atoms with Crippen molar-refractivity contribution in [3.05, 3.63) is 28.8 Å². The summed E-state index contributed by atoms with van der Waals surface area (Å²) in [6, 6.07) is 0.344. The second-order valence-electron chi connectivity index (χ2n) is 7.54. The number of methoxy groups -OCH3 is 1. The average Bonchev–Trinajstić information content (AvgIpc) is 2.76. The molecule has 2 atom stereocenters. The number of hydrogen-bond acceptors (Lipinski definition) is 6. The topological polar surface area (TPSA) is 138 Å². The maximum atomic E-state index is 13.8. The van der Waals surface area contributed by atoms with Gasteiger partial charge in [0.2, 0.25) is 6.10 Å². The van der Waals surface area contributed by atoms with Gasteiger partial charge in [0.1, 0.15) is 17.5 Å². The SMILES string of the molecule is CCc1cc(OC(F)(F)F)cc2c1O[C@H](C(F)(F)F)C(C(=O)NC(CCCN=C(N)N)C(=O)OC)=C2. The molecule has 0 spiro atoms. The van der Waals surface area contributed by atoms with Crippen LogP contribution in [0.3, 0.4) is 0 Å². The number of nitrogens with zero attached hydrogens (tertiary/aromatic N) is 1. The van der Waals surface area contributed by atoms with Crippen LogP contribution in [-0.4, -0.2) is 56.2 Å². The fourth-order valence-electron chi connectivity index (χ4n) is 3.38. The Labute approximate surface area is 201 Å². The second-order valence-corrected chi connectivity index (χ2v) is 7.54. The van der Waals surface area contributed by atoms with E-state index < -0.39 is 47.9 Å². The molecule has 0 saturated carbocycles. The maximum absolute atomic E-state index is 13.8. The molecule has 1 heterocycles. The minimum absolute atomic E-state index is 0.00359. The van der Waals surface area contributed by atoms with Crippen molar-refractivity contribution in [1.29, 1.82) is 0 Å². The van der Waals surface area contributed by atoms with E-state index in [1.54, 1.807) is 0 Å². The Morgan fingerprint density at radius 2 is 1.86 bits per heavy atom. The van der Waals surface area contributed by atoms with E-state index in [0.29, 0.717) is 0 Å². The molecule has 9 nitrogen and oxygen atoms in total. The van der Waals surface area contributed by atoms with E-state index in [0.717, 1.165) is 25.3 Å². The Hall–Kier alpha value is -3.65. The molecule has 2 rings (SSSR count). The highest BCUT2D eigenvalue weighted by Gasteiger charge is 2.49. The number of aryl methyl sites for hydroxylation is 1. The van der Waals surface area contributed by atoms with Gasteiger partial charge < -0.3 is 31.0 Å². The monoisotopic (exact) mass is 526 g/mol. The molecule has 0 bridgehead atoms. The summed E-state index contributed by atoms with van der Waals surface area (Å²) in [4.78, 5) is 28.6. The summed E-state index contributed by atoms with van der Waals surface area (Å²) < 4.78 is 93.1. The summed E-state index contributed by atoms with van der Waals surface area (Å²) in [5.74, 6) is -3.53. The first-order chi connectivity index (χ1) is 16.7. The molecule has 15 heteroatoms. The summed E-state index contributed by atoms with van der Waals surface area (Å²) in [5.41, 5.74) is 9.20. The maximum Gasteiger partial charge on any atom is 0.573 e. The van der Waals surface area contributed by atoms with Gasteiger partial charge in [0.05, 0.1) is 12.7 Å². The zero-order valence-corrected chi connectivity index (χ0v) is 19.1. The molecule has 0 aliphatic carbocycles. The van der Waals surface area contributed by atoms with Crippen molar-refractivity contribution in [3.8, 4) is 11.5 Å². The van der Waals surface area contributed by atoms with Crippen molar-refractivity contribution in [1.82, 2.24) is 5.32 Å². The number of guanidine groups is 1. The van der Waals surface area contributed by atoms with Crippen LogP contribution in [0.15, 0.2) is 22.7 Å². The minimum atomic E-state index is -5.07. The molecule has 1 aromatic carbocycles. The lowest BCUT2D eigenvalue weighted by atomic mass is 9.96. The molecule has 1 aliphatic rings. The number of fused-ring (bicyclic) bond motifs is 1. The summed E-state index contributed by atoms with van der Waals surface area (Å²) >= 11 is 0. The Bertz CT molecular complexity index is 1030. The lowest BCUT2D eigenvalue weighted by molar-refractivity contribution is -0.274. The van der Waals surface area contributed by atoms with Gasteiger partial charge in [0, 0.05) is 12.1 Å². The molecule has 0 fully saturated rings. The van der Waals surface area contributed by atoms with E-state index in [9.17, 15) is 35.9 Å². The molecule has 0 aromatic heterocycles. The lowest BCUT2D eigenvalue weighted by Gasteiger charge is -2.30. The molecular weight excluding hydrogens is 502 g/mol. The smallest absolute Gasteiger partial charge is 0.475 e. The van der Waals surface area contributed by atoms with Gasteiger partial charge in [-0.15, -0.1) is 13.2 Å². The number of nitrogens with two attached hydrogens (primary N) is 2. The zero-order valence-electron chi connectivity index (χ0n) is 19.1. The highest BCUT2D eigenvalue weighted by molar-refractivity contribution is 6.02. The number of alkyl halides is 6. The summed E-state index contributed by atoms with van der Waals surface area (Å²) in [7, 11) is 1.02. The first-order valence-corrected chi connectivity index (χ1v) is 10.5. The van der Waals surface area contributed by atoms with Crippen molar-refractivity contribution in [2.75, 3.05) is 13.7 Å². The molecule has 0 radical (unpaired) electrons. The third-order valence-electron chi connectivity index (χ3n) is 4.91. The Kier molecular flexibility index (Phi) is 9.05. The first kappa shape index (κ1) is 28.6. The number of amides is 1. The van der Waals surface area contributed by atoms with Crippen LogP contribution in [0.5, 0.6) is 11.5 Å². The van der Waals surface area contributed by atoms with Crippen molar-refractivity contribution >= 4 is 23.9 Å². The third-order valence-corrected chi connectivity index (χ3v) is 4.91. The first-order valence-electron chi connectivity index (χ1n) is 10.5. The predicted octanol–water partition coefficient (Wildman–Crippen LogP) is 2.57. The quantitative estimate of drug-likeness (QED) is 0.148. The van der Waals surface area contributed by atoms with Crippen LogP contribution >= 0.6 is 0 Å². The van der Waals surface area contributed by atoms with E-state index in [1.165, 1.54) is 6.92 Å². The summed E-state index contributed by atoms with van der Waals surface area (Å²) in [6.45, 7) is 1.56. The number of ether oxygens (including phenoxy) is 3. The van der Waals surface area contributed by atoms with Crippen LogP contribution in [0.1, 0.15) is 30.9 Å². The fraction of sp³-hybridized carbons (Fsp3) is 0.476. The van der Waals surface area contributed by atoms with Gasteiger partial charge in [-0.05, 0) is 43.0 Å². The van der Waals surface area contributed by atoms with E-state index in [1.807, 2.05) is 0 Å². The van der Waals surface area contributed by atoms with Crippen LogP contribution < -0.4 is 26.3 Å². The van der Waals surface area contributed by atoms with Gasteiger partial charge in [-0.2, -0.15) is 13.2 Å². The van der Waals surface area contributed by atoms with Crippen LogP contribution in [0, 0.1) is 0 Å². The standard InChI is InChI=1S/C21H24F6N4O5/c1-3-10-7-12(36-21(25,26)27)8-11-9-13(16(20(22,23)24)35-15(10)11)17(32)31-14(18(33)34-2)5-4-6-30-19(28)29/h7-9,14,16H,3-6H2,1-2H3,(H,31,32)(H4,28,29,30)/t14?,16-/m0/s1. The number of nitrogens with one attached hydrogen (secondary N) is 1. The van der Waals surface area contributed by atoms with E-state index in [2.05, 4.69) is 19.8 Å². The summed E-state index contributed by atoms with van der Waals surface area (Å²) in [6.07, 6.45) is -12.0. The number of carbonyl (C=O) groups excluding carboxylic acids is 2. The number of halogens is 6. The lowest BCUT2D eigenvalue weighted by Crippen LogP contribution is -2.48. The highest BCUT2D eigenvalue weighted by Crippen LogP contribution is 2.42. The van der Waals surface area contributed by atoms with Gasteiger partial charge in [0.15, 0.2) is 5.96 Å². The predicted molar refractivity (Wildman–Crippen MR) is 115 cm³/mol. The molecule has 200 valence electrons. The number of aliphatic imine (C=N–C) groups is 1.